The molecule has 1 fully saturated rings. The van der Waals surface area contributed by atoms with Gasteiger partial charge in [0, 0.05) is 49.5 Å². The predicted molar refractivity (Wildman–Crippen MR) is 116 cm³/mol. The molecule has 4 rings (SSSR count). The third-order valence-electron chi connectivity index (χ3n) is 5.04. The van der Waals surface area contributed by atoms with Crippen LogP contribution in [0.3, 0.4) is 0 Å². The van der Waals surface area contributed by atoms with Gasteiger partial charge in [-0.25, -0.2) is 9.97 Å². The fourth-order valence-corrected chi connectivity index (χ4v) is 3.67. The highest BCUT2D eigenvalue weighted by molar-refractivity contribution is 6.31. The van der Waals surface area contributed by atoms with E-state index in [2.05, 4.69) is 56.3 Å². The molecule has 1 aliphatic heterocycles. The molecular formula is C22H24ClN5. The first-order valence-electron chi connectivity index (χ1n) is 9.55. The Morgan fingerprint density at radius 3 is 2.50 bits per heavy atom. The van der Waals surface area contributed by atoms with Crippen molar-refractivity contribution in [2.75, 3.05) is 41.3 Å². The molecule has 1 N–H and O–H groups in total. The van der Waals surface area contributed by atoms with E-state index in [1.807, 2.05) is 30.3 Å². The van der Waals surface area contributed by atoms with Gasteiger partial charge >= 0.3 is 0 Å². The van der Waals surface area contributed by atoms with E-state index < -0.39 is 0 Å². The van der Waals surface area contributed by atoms with Crippen molar-refractivity contribution in [1.82, 2.24) is 9.97 Å². The first-order valence-corrected chi connectivity index (χ1v) is 9.93. The molecule has 2 heterocycles. The van der Waals surface area contributed by atoms with Crippen LogP contribution in [-0.2, 0) is 6.54 Å². The molecule has 1 saturated heterocycles. The number of halogens is 1. The molecule has 0 atom stereocenters. The number of aromatic nitrogens is 2. The fraction of sp³-hybridized carbons (Fsp3) is 0.273. The van der Waals surface area contributed by atoms with Crippen molar-refractivity contribution in [3.8, 4) is 0 Å². The molecule has 1 aromatic heterocycles. The van der Waals surface area contributed by atoms with Crippen molar-refractivity contribution in [2.24, 2.45) is 0 Å². The molecule has 28 heavy (non-hydrogen) atoms. The van der Waals surface area contributed by atoms with Gasteiger partial charge in [-0.15, -0.1) is 0 Å². The van der Waals surface area contributed by atoms with E-state index in [0.717, 1.165) is 48.4 Å². The first kappa shape index (κ1) is 18.6. The van der Waals surface area contributed by atoms with Crippen molar-refractivity contribution < 1.29 is 0 Å². The van der Waals surface area contributed by atoms with Gasteiger partial charge < -0.3 is 15.1 Å². The normalized spacial score (nSPS) is 14.2. The largest absolute Gasteiger partial charge is 0.368 e. The monoisotopic (exact) mass is 393 g/mol. The Labute approximate surface area is 171 Å². The second-order valence-electron chi connectivity index (χ2n) is 7.02. The fourth-order valence-electron chi connectivity index (χ4n) is 3.46. The lowest BCUT2D eigenvalue weighted by Crippen LogP contribution is -2.46. The minimum absolute atomic E-state index is 0.636. The highest BCUT2D eigenvalue weighted by Crippen LogP contribution is 2.22. The van der Waals surface area contributed by atoms with E-state index in [0.29, 0.717) is 6.54 Å². The van der Waals surface area contributed by atoms with Crippen molar-refractivity contribution in [3.05, 3.63) is 77.1 Å². The lowest BCUT2D eigenvalue weighted by atomic mass is 10.2. The highest BCUT2D eigenvalue weighted by atomic mass is 35.5. The van der Waals surface area contributed by atoms with Crippen LogP contribution >= 0.6 is 11.6 Å². The summed E-state index contributed by atoms with van der Waals surface area (Å²) in [6.45, 7) is 6.62. The van der Waals surface area contributed by atoms with Gasteiger partial charge in [0.1, 0.15) is 18.0 Å². The van der Waals surface area contributed by atoms with Gasteiger partial charge in [0.25, 0.3) is 0 Å². The summed E-state index contributed by atoms with van der Waals surface area (Å²) in [4.78, 5) is 13.6. The molecule has 0 amide bonds. The Morgan fingerprint density at radius 2 is 1.71 bits per heavy atom. The SMILES string of the molecule is Cc1cccc(N2CCN(c3cc(NCc4ccccc4Cl)ncn3)CC2)c1. The van der Waals surface area contributed by atoms with Gasteiger partial charge in [0.15, 0.2) is 0 Å². The first-order chi connectivity index (χ1) is 13.7. The molecule has 1 aliphatic rings. The summed E-state index contributed by atoms with van der Waals surface area (Å²) in [6.07, 6.45) is 1.62. The van der Waals surface area contributed by atoms with Crippen LogP contribution in [0.25, 0.3) is 0 Å². The van der Waals surface area contributed by atoms with Crippen LogP contribution in [-0.4, -0.2) is 36.1 Å². The number of rotatable bonds is 5. The number of anilines is 3. The summed E-state index contributed by atoms with van der Waals surface area (Å²) in [7, 11) is 0. The van der Waals surface area contributed by atoms with Crippen molar-refractivity contribution in [3.63, 3.8) is 0 Å². The molecule has 0 radical (unpaired) electrons. The van der Waals surface area contributed by atoms with Crippen LogP contribution in [0.2, 0.25) is 5.02 Å². The second kappa shape index (κ2) is 8.48. The van der Waals surface area contributed by atoms with Crippen molar-refractivity contribution in [2.45, 2.75) is 13.5 Å². The second-order valence-corrected chi connectivity index (χ2v) is 7.43. The van der Waals surface area contributed by atoms with Gasteiger partial charge in [-0.2, -0.15) is 0 Å². The lowest BCUT2D eigenvalue weighted by molar-refractivity contribution is 0.646. The number of nitrogens with zero attached hydrogens (tertiary/aromatic N) is 4. The Balaban J connectivity index is 1.38. The summed E-state index contributed by atoms with van der Waals surface area (Å²) < 4.78 is 0. The molecule has 0 spiro atoms. The number of aryl methyl sites for hydroxylation is 1. The Morgan fingerprint density at radius 1 is 0.929 bits per heavy atom. The third kappa shape index (κ3) is 4.37. The van der Waals surface area contributed by atoms with E-state index in [9.17, 15) is 0 Å². The lowest BCUT2D eigenvalue weighted by Gasteiger charge is -2.36. The van der Waals surface area contributed by atoms with Crippen molar-refractivity contribution >= 4 is 28.9 Å². The zero-order valence-corrected chi connectivity index (χ0v) is 16.7. The Bertz CT molecular complexity index is 937. The summed E-state index contributed by atoms with van der Waals surface area (Å²) in [5.41, 5.74) is 3.64. The molecule has 0 saturated carbocycles. The molecule has 5 nitrogen and oxygen atoms in total. The Hall–Kier alpha value is -2.79. The number of hydrogen-bond donors (Lipinski definition) is 1. The Kier molecular flexibility index (Phi) is 5.63. The predicted octanol–water partition coefficient (Wildman–Crippen LogP) is 4.38. The average Bonchev–Trinajstić information content (AvgIpc) is 2.73. The maximum Gasteiger partial charge on any atom is 0.134 e. The molecule has 144 valence electrons. The molecule has 0 bridgehead atoms. The van der Waals surface area contributed by atoms with E-state index in [1.54, 1.807) is 6.33 Å². The standard InChI is InChI=1S/C22H24ClN5/c1-17-5-4-7-19(13-17)27-9-11-28(12-10-27)22-14-21(25-16-26-22)24-15-18-6-2-3-8-20(18)23/h2-8,13-14,16H,9-12,15H2,1H3,(H,24,25,26). The molecular weight excluding hydrogens is 370 g/mol. The van der Waals surface area contributed by atoms with Crippen LogP contribution < -0.4 is 15.1 Å². The topological polar surface area (TPSA) is 44.3 Å². The van der Waals surface area contributed by atoms with Crippen LogP contribution in [0.15, 0.2) is 60.9 Å². The maximum absolute atomic E-state index is 6.23. The van der Waals surface area contributed by atoms with E-state index in [-0.39, 0.29) is 0 Å². The zero-order valence-electron chi connectivity index (χ0n) is 16.0. The maximum atomic E-state index is 6.23. The number of nitrogens with one attached hydrogen (secondary N) is 1. The minimum atomic E-state index is 0.636. The number of hydrogen-bond acceptors (Lipinski definition) is 5. The molecule has 6 heteroatoms. The summed E-state index contributed by atoms with van der Waals surface area (Å²) >= 11 is 6.23. The van der Waals surface area contributed by atoms with Crippen LogP contribution in [0.4, 0.5) is 17.3 Å². The van der Waals surface area contributed by atoms with Crippen LogP contribution in [0, 0.1) is 6.92 Å². The molecule has 0 unspecified atom stereocenters. The average molecular weight is 394 g/mol. The number of piperazine rings is 1. The van der Waals surface area contributed by atoms with Crippen molar-refractivity contribution in [1.29, 1.82) is 0 Å². The number of benzene rings is 2. The van der Waals surface area contributed by atoms with Gasteiger partial charge in [0.2, 0.25) is 0 Å². The quantitative estimate of drug-likeness (QED) is 0.697. The highest BCUT2D eigenvalue weighted by Gasteiger charge is 2.18. The van der Waals surface area contributed by atoms with Gasteiger partial charge in [-0.05, 0) is 36.2 Å². The van der Waals surface area contributed by atoms with Crippen LogP contribution in [0.1, 0.15) is 11.1 Å². The smallest absolute Gasteiger partial charge is 0.134 e. The molecule has 3 aromatic rings. The molecule has 0 aliphatic carbocycles. The summed E-state index contributed by atoms with van der Waals surface area (Å²) in [5, 5.41) is 4.11. The third-order valence-corrected chi connectivity index (χ3v) is 5.41. The molecule has 2 aromatic carbocycles. The van der Waals surface area contributed by atoms with E-state index in [4.69, 9.17) is 11.6 Å². The summed E-state index contributed by atoms with van der Waals surface area (Å²) in [5.74, 6) is 1.77. The van der Waals surface area contributed by atoms with Gasteiger partial charge in [-0.1, -0.05) is 41.9 Å². The minimum Gasteiger partial charge on any atom is -0.368 e. The van der Waals surface area contributed by atoms with Crippen LogP contribution in [0.5, 0.6) is 0 Å². The van der Waals surface area contributed by atoms with E-state index in [1.165, 1.54) is 11.3 Å². The van der Waals surface area contributed by atoms with Gasteiger partial charge in [0.05, 0.1) is 0 Å². The summed E-state index contributed by atoms with van der Waals surface area (Å²) in [6, 6.07) is 18.5. The zero-order chi connectivity index (χ0) is 19.3. The van der Waals surface area contributed by atoms with Gasteiger partial charge in [-0.3, -0.25) is 0 Å². The van der Waals surface area contributed by atoms with E-state index >= 15 is 0 Å².